The SMILES string of the molecule is CC(C)(C)OC(=O)N1CCC(CN2CC(CNCCc3ccccc3)CN(c3cccc(C#N)c3)C2=O)CC1. The summed E-state index contributed by atoms with van der Waals surface area (Å²) in [6.07, 6.45) is 2.38. The number of hydrogen-bond donors (Lipinski definition) is 1. The van der Waals surface area contributed by atoms with E-state index in [0.717, 1.165) is 38.0 Å². The lowest BCUT2D eigenvalue weighted by molar-refractivity contribution is 0.0171. The molecule has 2 saturated heterocycles. The fourth-order valence-electron chi connectivity index (χ4n) is 5.32. The van der Waals surface area contributed by atoms with Crippen molar-refractivity contribution in [2.45, 2.75) is 45.6 Å². The summed E-state index contributed by atoms with van der Waals surface area (Å²) in [6, 6.07) is 19.9. The number of urea groups is 1. The van der Waals surface area contributed by atoms with Crippen LogP contribution in [0.25, 0.3) is 0 Å². The van der Waals surface area contributed by atoms with Gasteiger partial charge in [-0.25, -0.2) is 9.59 Å². The van der Waals surface area contributed by atoms with Gasteiger partial charge in [0.15, 0.2) is 0 Å². The van der Waals surface area contributed by atoms with Crippen LogP contribution >= 0.6 is 0 Å². The first-order valence-electron chi connectivity index (χ1n) is 14.0. The number of nitriles is 1. The summed E-state index contributed by atoms with van der Waals surface area (Å²) in [5.74, 6) is 0.579. The van der Waals surface area contributed by atoms with Crippen molar-refractivity contribution in [2.24, 2.45) is 11.8 Å². The van der Waals surface area contributed by atoms with Gasteiger partial charge in [0, 0.05) is 50.9 Å². The highest BCUT2D eigenvalue weighted by atomic mass is 16.6. The number of benzene rings is 2. The molecule has 0 bridgehead atoms. The molecule has 0 saturated carbocycles. The van der Waals surface area contributed by atoms with Crippen LogP contribution in [0.5, 0.6) is 0 Å². The third-order valence-corrected chi connectivity index (χ3v) is 7.32. The molecular weight excluding hydrogens is 490 g/mol. The van der Waals surface area contributed by atoms with Crippen molar-refractivity contribution in [3.63, 3.8) is 0 Å². The maximum absolute atomic E-state index is 13.7. The van der Waals surface area contributed by atoms with Gasteiger partial charge < -0.3 is 19.9 Å². The molecule has 39 heavy (non-hydrogen) atoms. The predicted molar refractivity (Wildman–Crippen MR) is 153 cm³/mol. The van der Waals surface area contributed by atoms with Gasteiger partial charge in [0.2, 0.25) is 0 Å². The van der Waals surface area contributed by atoms with E-state index in [1.807, 2.05) is 48.8 Å². The second-order valence-electron chi connectivity index (χ2n) is 11.7. The summed E-state index contributed by atoms with van der Waals surface area (Å²) in [7, 11) is 0. The number of hydrogen-bond acceptors (Lipinski definition) is 5. The van der Waals surface area contributed by atoms with E-state index in [2.05, 4.69) is 35.7 Å². The predicted octanol–water partition coefficient (Wildman–Crippen LogP) is 4.90. The Morgan fingerprint density at radius 2 is 1.79 bits per heavy atom. The number of carbonyl (C=O) groups excluding carboxylic acids is 2. The zero-order valence-electron chi connectivity index (χ0n) is 23.4. The van der Waals surface area contributed by atoms with E-state index < -0.39 is 5.60 Å². The molecule has 2 aromatic rings. The minimum absolute atomic E-state index is 0.0137. The highest BCUT2D eigenvalue weighted by Gasteiger charge is 2.35. The van der Waals surface area contributed by atoms with Crippen LogP contribution in [-0.4, -0.2) is 73.3 Å². The monoisotopic (exact) mass is 531 g/mol. The summed E-state index contributed by atoms with van der Waals surface area (Å²) < 4.78 is 5.54. The van der Waals surface area contributed by atoms with E-state index in [4.69, 9.17) is 4.74 Å². The first-order chi connectivity index (χ1) is 18.7. The van der Waals surface area contributed by atoms with Crippen molar-refractivity contribution in [3.8, 4) is 6.07 Å². The van der Waals surface area contributed by atoms with Crippen LogP contribution in [0.1, 0.15) is 44.7 Å². The van der Waals surface area contributed by atoms with Gasteiger partial charge in [0.25, 0.3) is 0 Å². The molecule has 0 aliphatic carbocycles. The second kappa shape index (κ2) is 13.0. The van der Waals surface area contributed by atoms with Crippen molar-refractivity contribution in [3.05, 3.63) is 65.7 Å². The van der Waals surface area contributed by atoms with Crippen LogP contribution in [-0.2, 0) is 11.2 Å². The summed E-state index contributed by atoms with van der Waals surface area (Å²) in [4.78, 5) is 31.7. The summed E-state index contributed by atoms with van der Waals surface area (Å²) in [5.41, 5.74) is 2.10. The average Bonchev–Trinajstić information content (AvgIpc) is 2.92. The molecule has 1 N–H and O–H groups in total. The number of likely N-dealkylation sites (tertiary alicyclic amines) is 1. The summed E-state index contributed by atoms with van der Waals surface area (Å²) >= 11 is 0. The normalized spacial score (nSPS) is 18.7. The first kappa shape index (κ1) is 28.4. The van der Waals surface area contributed by atoms with Gasteiger partial charge in [-0.05, 0) is 76.3 Å². The molecule has 4 rings (SSSR count). The number of piperidine rings is 1. The fourth-order valence-corrected chi connectivity index (χ4v) is 5.32. The smallest absolute Gasteiger partial charge is 0.410 e. The number of nitrogens with zero attached hydrogens (tertiary/aromatic N) is 4. The van der Waals surface area contributed by atoms with Gasteiger partial charge in [-0.15, -0.1) is 0 Å². The minimum Gasteiger partial charge on any atom is -0.444 e. The Bertz CT molecular complexity index is 1150. The topological polar surface area (TPSA) is 88.9 Å². The maximum atomic E-state index is 13.7. The molecule has 1 unspecified atom stereocenters. The van der Waals surface area contributed by atoms with Crippen molar-refractivity contribution in [2.75, 3.05) is 50.7 Å². The molecule has 208 valence electrons. The maximum Gasteiger partial charge on any atom is 0.410 e. The van der Waals surface area contributed by atoms with E-state index in [-0.39, 0.29) is 18.0 Å². The molecule has 2 aliphatic heterocycles. The van der Waals surface area contributed by atoms with E-state index >= 15 is 0 Å². The minimum atomic E-state index is -0.509. The molecule has 2 aliphatic rings. The van der Waals surface area contributed by atoms with Crippen molar-refractivity contribution in [1.29, 1.82) is 5.26 Å². The Morgan fingerprint density at radius 3 is 2.49 bits per heavy atom. The summed E-state index contributed by atoms with van der Waals surface area (Å²) in [6.45, 7) is 10.6. The van der Waals surface area contributed by atoms with Gasteiger partial charge in [0.1, 0.15) is 5.60 Å². The van der Waals surface area contributed by atoms with Crippen LogP contribution in [0.15, 0.2) is 54.6 Å². The molecule has 3 amide bonds. The van der Waals surface area contributed by atoms with Crippen molar-refractivity contribution < 1.29 is 14.3 Å². The standard InChI is InChI=1S/C31H41N5O3/c1-31(2,3)39-30(38)34-16-13-25(14-17-34)21-35-22-27(20-33-15-12-24-8-5-4-6-9-24)23-36(29(35)37)28-11-7-10-26(18-28)19-32/h4-11,18,25,27,33H,12-17,20-23H2,1-3H3. The Hall–Kier alpha value is -3.57. The van der Waals surface area contributed by atoms with Gasteiger partial charge in [-0.2, -0.15) is 5.26 Å². The Kier molecular flexibility index (Phi) is 9.47. The van der Waals surface area contributed by atoms with Crippen LogP contribution in [0.3, 0.4) is 0 Å². The van der Waals surface area contributed by atoms with Crippen molar-refractivity contribution >= 4 is 17.8 Å². The molecule has 0 aromatic heterocycles. The number of anilines is 1. The number of nitrogens with one attached hydrogen (secondary N) is 1. The molecule has 8 nitrogen and oxygen atoms in total. The molecule has 8 heteroatoms. The molecule has 1 atom stereocenters. The van der Waals surface area contributed by atoms with Gasteiger partial charge >= 0.3 is 12.1 Å². The average molecular weight is 532 g/mol. The Balaban J connectivity index is 1.38. The zero-order valence-corrected chi connectivity index (χ0v) is 23.4. The molecular formula is C31H41N5O3. The molecule has 2 fully saturated rings. The van der Waals surface area contributed by atoms with Gasteiger partial charge in [-0.1, -0.05) is 36.4 Å². The van der Waals surface area contributed by atoms with Crippen LogP contribution in [0.4, 0.5) is 15.3 Å². The number of ether oxygens (including phenoxy) is 1. The van der Waals surface area contributed by atoms with Crippen LogP contribution in [0.2, 0.25) is 0 Å². The fraction of sp³-hybridized carbons (Fsp3) is 0.516. The van der Waals surface area contributed by atoms with E-state index in [1.165, 1.54) is 5.56 Å². The van der Waals surface area contributed by atoms with Crippen molar-refractivity contribution in [1.82, 2.24) is 15.1 Å². The first-order valence-corrected chi connectivity index (χ1v) is 14.0. The highest BCUT2D eigenvalue weighted by molar-refractivity contribution is 5.93. The lowest BCUT2D eigenvalue weighted by Crippen LogP contribution is -2.57. The van der Waals surface area contributed by atoms with Crippen LogP contribution in [0, 0.1) is 23.2 Å². The van der Waals surface area contributed by atoms with E-state index in [1.54, 1.807) is 17.0 Å². The molecule has 2 aromatic carbocycles. The quantitative estimate of drug-likeness (QED) is 0.490. The van der Waals surface area contributed by atoms with E-state index in [9.17, 15) is 14.9 Å². The Morgan fingerprint density at radius 1 is 1.05 bits per heavy atom. The number of amides is 3. The lowest BCUT2D eigenvalue weighted by atomic mass is 9.95. The van der Waals surface area contributed by atoms with Gasteiger partial charge in [-0.3, -0.25) is 4.90 Å². The molecule has 0 radical (unpaired) electrons. The molecule has 0 spiro atoms. The Labute approximate surface area is 232 Å². The molecule has 2 heterocycles. The third kappa shape index (κ3) is 8.21. The van der Waals surface area contributed by atoms with Gasteiger partial charge in [0.05, 0.1) is 11.6 Å². The lowest BCUT2D eigenvalue weighted by Gasteiger charge is -2.42. The highest BCUT2D eigenvalue weighted by Crippen LogP contribution is 2.27. The number of carbonyl (C=O) groups is 2. The zero-order chi connectivity index (χ0) is 27.8. The van der Waals surface area contributed by atoms with Crippen LogP contribution < -0.4 is 10.2 Å². The number of rotatable bonds is 8. The summed E-state index contributed by atoms with van der Waals surface area (Å²) in [5, 5.41) is 13.0. The largest absolute Gasteiger partial charge is 0.444 e. The third-order valence-electron chi connectivity index (χ3n) is 7.32. The second-order valence-corrected chi connectivity index (χ2v) is 11.7. The van der Waals surface area contributed by atoms with E-state index in [0.29, 0.717) is 44.2 Å².